The number of halogens is 2. The molecule has 0 fully saturated rings. The van der Waals surface area contributed by atoms with Crippen molar-refractivity contribution in [2.75, 3.05) is 5.73 Å². The molecule has 0 saturated carbocycles. The van der Waals surface area contributed by atoms with Gasteiger partial charge in [-0.05, 0) is 37.1 Å². The van der Waals surface area contributed by atoms with E-state index in [1.165, 1.54) is 11.1 Å². The van der Waals surface area contributed by atoms with Gasteiger partial charge in [0.25, 0.3) is 0 Å². The van der Waals surface area contributed by atoms with Crippen molar-refractivity contribution in [1.29, 1.82) is 0 Å². The molecule has 80 valence electrons. The van der Waals surface area contributed by atoms with Gasteiger partial charge in [-0.25, -0.2) is 0 Å². The number of nitrogens with two attached hydrogens (primary N) is 1. The normalized spacial score (nSPS) is 10.3. The van der Waals surface area contributed by atoms with Crippen LogP contribution in [-0.4, -0.2) is 8.42 Å². The van der Waals surface area contributed by atoms with Gasteiger partial charge in [0.05, 0.1) is 0 Å². The van der Waals surface area contributed by atoms with Gasteiger partial charge in [-0.2, -0.15) is 8.42 Å². The van der Waals surface area contributed by atoms with Crippen molar-refractivity contribution in [2.24, 2.45) is 0 Å². The third kappa shape index (κ3) is 9.64. The highest BCUT2D eigenvalue weighted by Gasteiger charge is 1.89. The third-order valence-corrected chi connectivity index (χ3v) is 1.24. The van der Waals surface area contributed by atoms with E-state index >= 15 is 0 Å². The molecule has 0 spiro atoms. The van der Waals surface area contributed by atoms with Crippen LogP contribution < -0.4 is 5.73 Å². The Hall–Kier alpha value is -0.450. The Balaban J connectivity index is 0.000000292. The zero-order valence-electron chi connectivity index (χ0n) is 7.79. The number of nitrogen functional groups attached to an aromatic ring is 1. The molecule has 0 radical (unpaired) electrons. The van der Waals surface area contributed by atoms with Crippen LogP contribution in [0.3, 0.4) is 0 Å². The molecule has 0 amide bonds. The van der Waals surface area contributed by atoms with E-state index in [4.69, 9.17) is 14.2 Å². The topological polar surface area (TPSA) is 60.2 Å². The number of aryl methyl sites for hydroxylation is 2. The van der Waals surface area contributed by atoms with Crippen molar-refractivity contribution < 1.29 is 8.42 Å². The maximum atomic E-state index is 9.16. The summed E-state index contributed by atoms with van der Waals surface area (Å²) < 4.78 is 18.3. The average Bonchev–Trinajstić information content (AvgIpc) is 1.77. The van der Waals surface area contributed by atoms with Crippen molar-refractivity contribution in [2.45, 2.75) is 13.8 Å². The zero-order chi connectivity index (χ0) is 11.4. The lowest BCUT2D eigenvalue weighted by Gasteiger charge is -1.97. The van der Waals surface area contributed by atoms with Gasteiger partial charge in [-0.1, -0.05) is 6.07 Å². The van der Waals surface area contributed by atoms with Crippen molar-refractivity contribution in [3.8, 4) is 0 Å². The minimum absolute atomic E-state index is 0.854. The lowest BCUT2D eigenvalue weighted by Crippen LogP contribution is -1.86. The Morgan fingerprint density at radius 3 is 1.57 bits per heavy atom. The summed E-state index contributed by atoms with van der Waals surface area (Å²) in [7, 11) is 4.81. The first-order valence-electron chi connectivity index (χ1n) is 3.66. The molecule has 6 heteroatoms. The maximum Gasteiger partial charge on any atom is 0.317 e. The molecule has 1 aromatic rings. The summed E-state index contributed by atoms with van der Waals surface area (Å²) in [6, 6.07) is 6.04. The van der Waals surface area contributed by atoms with E-state index < -0.39 is 8.26 Å². The van der Waals surface area contributed by atoms with Gasteiger partial charge in [0.15, 0.2) is 0 Å². The first-order chi connectivity index (χ1) is 6.18. The van der Waals surface area contributed by atoms with Crippen molar-refractivity contribution >= 4 is 35.3 Å². The first kappa shape index (κ1) is 13.6. The molecule has 0 aliphatic rings. The van der Waals surface area contributed by atoms with E-state index in [0.29, 0.717) is 0 Å². The highest BCUT2D eigenvalue weighted by Crippen LogP contribution is 2.08. The predicted molar refractivity (Wildman–Crippen MR) is 61.0 cm³/mol. The fraction of sp³-hybridized carbons (Fsp3) is 0.250. The Labute approximate surface area is 92.7 Å². The summed E-state index contributed by atoms with van der Waals surface area (Å²) in [6.45, 7) is 4.09. The number of anilines is 1. The summed E-state index contributed by atoms with van der Waals surface area (Å²) in [4.78, 5) is 0. The van der Waals surface area contributed by atoms with Crippen LogP contribution in [0.25, 0.3) is 0 Å². The number of hydrogen-bond acceptors (Lipinski definition) is 3. The van der Waals surface area contributed by atoms with E-state index in [1.807, 2.05) is 26.0 Å². The van der Waals surface area contributed by atoms with Crippen molar-refractivity contribution in [3.63, 3.8) is 0 Å². The Bertz CT molecular complexity index is 345. The minimum atomic E-state index is -3.72. The van der Waals surface area contributed by atoms with Gasteiger partial charge in [0.1, 0.15) is 0 Å². The molecule has 0 heterocycles. The summed E-state index contributed by atoms with van der Waals surface area (Å²) in [6.07, 6.45) is 0. The fourth-order valence-electron chi connectivity index (χ4n) is 1.01. The quantitative estimate of drug-likeness (QED) is 0.573. The van der Waals surface area contributed by atoms with Gasteiger partial charge < -0.3 is 5.73 Å². The largest absolute Gasteiger partial charge is 0.399 e. The third-order valence-electron chi connectivity index (χ3n) is 1.24. The molecule has 1 aromatic carbocycles. The van der Waals surface area contributed by atoms with Crippen LogP contribution >= 0.6 is 21.4 Å². The van der Waals surface area contributed by atoms with Crippen molar-refractivity contribution in [1.82, 2.24) is 0 Å². The van der Waals surface area contributed by atoms with E-state index in [2.05, 4.69) is 27.4 Å². The molecule has 3 nitrogen and oxygen atoms in total. The Kier molecular flexibility index (Phi) is 5.26. The van der Waals surface area contributed by atoms with Crippen LogP contribution in [0.15, 0.2) is 18.2 Å². The average molecular weight is 256 g/mol. The molecular weight excluding hydrogens is 245 g/mol. The van der Waals surface area contributed by atoms with E-state index in [0.717, 1.165) is 5.69 Å². The molecule has 0 unspecified atom stereocenters. The van der Waals surface area contributed by atoms with Crippen molar-refractivity contribution in [3.05, 3.63) is 29.3 Å². The second-order valence-corrected chi connectivity index (χ2v) is 6.47. The van der Waals surface area contributed by atoms with E-state index in [-0.39, 0.29) is 0 Å². The Morgan fingerprint density at radius 1 is 1.07 bits per heavy atom. The molecule has 1 rings (SSSR count). The van der Waals surface area contributed by atoms with Gasteiger partial charge in [0.2, 0.25) is 0 Å². The zero-order valence-corrected chi connectivity index (χ0v) is 10.1. The predicted octanol–water partition coefficient (Wildman–Crippen LogP) is 2.59. The molecule has 0 aromatic heterocycles. The maximum absolute atomic E-state index is 9.16. The summed E-state index contributed by atoms with van der Waals surface area (Å²) in [5.41, 5.74) is 8.87. The number of benzene rings is 1. The summed E-state index contributed by atoms with van der Waals surface area (Å²) in [5.74, 6) is 0. The van der Waals surface area contributed by atoms with Crippen LogP contribution in [0.4, 0.5) is 5.69 Å². The second kappa shape index (κ2) is 5.44. The standard InChI is InChI=1S/C8H11N.Cl2O2S/c1-6-3-7(2)5-8(9)4-6;1-5(2,3)4/h3-5H,9H2,1-2H3;. The van der Waals surface area contributed by atoms with Gasteiger partial charge >= 0.3 is 8.26 Å². The number of hydrogen-bond donors (Lipinski definition) is 1. The molecule has 0 aliphatic carbocycles. The van der Waals surface area contributed by atoms with Gasteiger partial charge in [-0.15, -0.1) is 0 Å². The lowest BCUT2D eigenvalue weighted by molar-refractivity contribution is 0.621. The van der Waals surface area contributed by atoms with Crippen LogP contribution in [-0.2, 0) is 8.26 Å². The number of rotatable bonds is 0. The molecule has 0 bridgehead atoms. The minimum Gasteiger partial charge on any atom is -0.399 e. The van der Waals surface area contributed by atoms with Gasteiger partial charge in [0, 0.05) is 27.1 Å². The first-order valence-corrected chi connectivity index (χ1v) is 6.80. The molecule has 2 N–H and O–H groups in total. The van der Waals surface area contributed by atoms with Crippen LogP contribution in [0.2, 0.25) is 0 Å². The molecular formula is C8H11Cl2NO2S. The summed E-state index contributed by atoms with van der Waals surface area (Å²) >= 11 is 0. The SMILES string of the molecule is Cc1cc(C)cc(N)c1.O=S(=O)(Cl)Cl. The Morgan fingerprint density at radius 2 is 1.36 bits per heavy atom. The fourth-order valence-corrected chi connectivity index (χ4v) is 1.01. The van der Waals surface area contributed by atoms with E-state index in [1.54, 1.807) is 0 Å². The molecule has 0 aliphatic heterocycles. The highest BCUT2D eigenvalue weighted by molar-refractivity contribution is 8.31. The van der Waals surface area contributed by atoms with Crippen LogP contribution in [0.1, 0.15) is 11.1 Å². The smallest absolute Gasteiger partial charge is 0.317 e. The van der Waals surface area contributed by atoms with Crippen LogP contribution in [0, 0.1) is 13.8 Å². The summed E-state index contributed by atoms with van der Waals surface area (Å²) in [5, 5.41) is 0. The van der Waals surface area contributed by atoms with Crippen LogP contribution in [0.5, 0.6) is 0 Å². The molecule has 14 heavy (non-hydrogen) atoms. The lowest BCUT2D eigenvalue weighted by atomic mass is 10.1. The highest BCUT2D eigenvalue weighted by atomic mass is 36.0. The molecule has 0 saturated heterocycles. The monoisotopic (exact) mass is 255 g/mol. The second-order valence-electron chi connectivity index (χ2n) is 2.80. The van der Waals surface area contributed by atoms with Gasteiger partial charge in [-0.3, -0.25) is 0 Å². The molecule has 0 atom stereocenters. The van der Waals surface area contributed by atoms with E-state index in [9.17, 15) is 0 Å².